The number of aromatic nitrogens is 3. The summed E-state index contributed by atoms with van der Waals surface area (Å²) in [6, 6.07) is 14.0. The van der Waals surface area contributed by atoms with Gasteiger partial charge in [0.1, 0.15) is 23.5 Å². The monoisotopic (exact) mass is 376 g/mol. The van der Waals surface area contributed by atoms with E-state index in [1.807, 2.05) is 6.07 Å². The number of aromatic amines is 1. The van der Waals surface area contributed by atoms with Gasteiger partial charge in [-0.1, -0.05) is 24.3 Å². The van der Waals surface area contributed by atoms with Crippen LogP contribution in [0.1, 0.15) is 11.4 Å². The number of benzene rings is 2. The Morgan fingerprint density at radius 3 is 2.96 bits per heavy atom. The Morgan fingerprint density at radius 2 is 2.11 bits per heavy atom. The largest absolute Gasteiger partial charge is 0.506 e. The molecule has 2 N–H and O–H groups in total. The summed E-state index contributed by atoms with van der Waals surface area (Å²) in [4.78, 5) is 20.8. The molecular weight excluding hydrogens is 360 g/mol. The average Bonchev–Trinajstić information content (AvgIpc) is 3.17. The lowest BCUT2D eigenvalue weighted by Gasteiger charge is -2.02. The molecule has 140 valence electrons. The highest BCUT2D eigenvalue weighted by atomic mass is 16.5. The predicted octanol–water partition coefficient (Wildman–Crippen LogP) is 3.18. The Balaban J connectivity index is 1.67. The van der Waals surface area contributed by atoms with Crippen LogP contribution in [0.25, 0.3) is 22.4 Å². The lowest BCUT2D eigenvalue weighted by atomic mass is 10.1. The van der Waals surface area contributed by atoms with Crippen LogP contribution >= 0.6 is 0 Å². The number of ether oxygens (including phenoxy) is 1. The molecule has 2 aromatic carbocycles. The van der Waals surface area contributed by atoms with E-state index in [0.29, 0.717) is 34.9 Å². The molecule has 2 heterocycles. The highest BCUT2D eigenvalue weighted by Gasteiger charge is 2.12. The van der Waals surface area contributed by atoms with Crippen LogP contribution in [-0.4, -0.2) is 33.6 Å². The molecule has 2 aromatic heterocycles. The number of aromatic hydroxyl groups is 1. The molecule has 0 saturated heterocycles. The zero-order valence-corrected chi connectivity index (χ0v) is 14.9. The summed E-state index contributed by atoms with van der Waals surface area (Å²) in [5, 5.41) is 17.8. The van der Waals surface area contributed by atoms with Gasteiger partial charge in [-0.15, -0.1) is 0 Å². The van der Waals surface area contributed by atoms with Gasteiger partial charge < -0.3 is 14.3 Å². The first kappa shape index (κ1) is 17.6. The molecule has 8 nitrogen and oxygen atoms in total. The molecule has 0 aliphatic heterocycles. The van der Waals surface area contributed by atoms with Crippen LogP contribution < -0.4 is 5.63 Å². The number of fused-ring (bicyclic) bond motifs is 1. The van der Waals surface area contributed by atoms with E-state index in [-0.39, 0.29) is 11.3 Å². The second kappa shape index (κ2) is 7.45. The standard InChI is InChI=1S/C20H16N4O4/c1-27-11-17-22-19(24-23-17)12-5-4-6-13(9-12)21-10-15-18(25)14-7-2-3-8-16(14)28-20(15)26/h2-10,25H,11H2,1H3,(H,22,23,24). The SMILES string of the molecule is COCc1nc(-c2cccc(N=Cc3c(O)c4ccccc4oc3=O)c2)n[nH]1. The lowest BCUT2D eigenvalue weighted by molar-refractivity contribution is 0.178. The van der Waals surface area contributed by atoms with E-state index in [9.17, 15) is 9.90 Å². The summed E-state index contributed by atoms with van der Waals surface area (Å²) < 4.78 is 10.3. The van der Waals surface area contributed by atoms with Crippen molar-refractivity contribution in [3.63, 3.8) is 0 Å². The van der Waals surface area contributed by atoms with Crippen LogP contribution in [0, 0.1) is 0 Å². The van der Waals surface area contributed by atoms with Crippen molar-refractivity contribution >= 4 is 22.9 Å². The fourth-order valence-corrected chi connectivity index (χ4v) is 2.75. The Morgan fingerprint density at radius 1 is 1.25 bits per heavy atom. The van der Waals surface area contributed by atoms with E-state index in [4.69, 9.17) is 9.15 Å². The fourth-order valence-electron chi connectivity index (χ4n) is 2.75. The molecule has 0 bridgehead atoms. The van der Waals surface area contributed by atoms with Crippen LogP contribution in [-0.2, 0) is 11.3 Å². The number of hydrogen-bond donors (Lipinski definition) is 2. The molecule has 0 spiro atoms. The van der Waals surface area contributed by atoms with Crippen LogP contribution in [0.2, 0.25) is 0 Å². The normalized spacial score (nSPS) is 11.5. The van der Waals surface area contributed by atoms with Crippen molar-refractivity contribution in [2.24, 2.45) is 4.99 Å². The van der Waals surface area contributed by atoms with Gasteiger partial charge >= 0.3 is 5.63 Å². The zero-order valence-electron chi connectivity index (χ0n) is 14.9. The quantitative estimate of drug-likeness (QED) is 0.408. The summed E-state index contributed by atoms with van der Waals surface area (Å²) in [6.07, 6.45) is 1.29. The van der Waals surface area contributed by atoms with E-state index in [1.165, 1.54) is 6.21 Å². The summed E-state index contributed by atoms with van der Waals surface area (Å²) in [7, 11) is 1.58. The molecule has 0 fully saturated rings. The number of nitrogens with zero attached hydrogens (tertiary/aromatic N) is 3. The van der Waals surface area contributed by atoms with Gasteiger partial charge in [-0.2, -0.15) is 5.10 Å². The number of aliphatic imine (C=N–C) groups is 1. The maximum Gasteiger partial charge on any atom is 0.348 e. The van der Waals surface area contributed by atoms with E-state index < -0.39 is 5.63 Å². The first-order valence-electron chi connectivity index (χ1n) is 8.45. The molecule has 4 aromatic rings. The summed E-state index contributed by atoms with van der Waals surface area (Å²) in [5.41, 5.74) is 0.977. The molecule has 0 aliphatic rings. The van der Waals surface area contributed by atoms with Crippen LogP contribution in [0.15, 0.2) is 62.7 Å². The van der Waals surface area contributed by atoms with Gasteiger partial charge in [0.25, 0.3) is 0 Å². The molecule has 28 heavy (non-hydrogen) atoms. The summed E-state index contributed by atoms with van der Waals surface area (Å²) in [6.45, 7) is 0.335. The summed E-state index contributed by atoms with van der Waals surface area (Å²) in [5.74, 6) is 0.965. The number of methoxy groups -OCH3 is 1. The van der Waals surface area contributed by atoms with Crippen molar-refractivity contribution in [3.8, 4) is 17.1 Å². The van der Waals surface area contributed by atoms with Gasteiger partial charge in [0.2, 0.25) is 0 Å². The lowest BCUT2D eigenvalue weighted by Crippen LogP contribution is -2.06. The molecule has 0 radical (unpaired) electrons. The predicted molar refractivity (Wildman–Crippen MR) is 104 cm³/mol. The Bertz CT molecular complexity index is 1230. The topological polar surface area (TPSA) is 114 Å². The fraction of sp³-hybridized carbons (Fsp3) is 0.100. The van der Waals surface area contributed by atoms with Gasteiger partial charge in [-0.25, -0.2) is 9.78 Å². The molecular formula is C20H16N4O4. The molecule has 0 unspecified atom stereocenters. The van der Waals surface area contributed by atoms with Gasteiger partial charge in [0.05, 0.1) is 11.1 Å². The highest BCUT2D eigenvalue weighted by Crippen LogP contribution is 2.26. The first-order valence-corrected chi connectivity index (χ1v) is 8.45. The number of H-pyrrole nitrogens is 1. The Kier molecular flexibility index (Phi) is 4.69. The molecule has 4 rings (SSSR count). The average molecular weight is 376 g/mol. The maximum absolute atomic E-state index is 12.2. The minimum Gasteiger partial charge on any atom is -0.506 e. The van der Waals surface area contributed by atoms with E-state index in [0.717, 1.165) is 5.56 Å². The maximum atomic E-state index is 12.2. The second-order valence-electron chi connectivity index (χ2n) is 6.00. The third-order valence-corrected chi connectivity index (χ3v) is 4.08. The molecule has 0 amide bonds. The number of para-hydroxylation sites is 1. The highest BCUT2D eigenvalue weighted by molar-refractivity contribution is 5.94. The first-order chi connectivity index (χ1) is 13.7. The minimum atomic E-state index is -0.658. The second-order valence-corrected chi connectivity index (χ2v) is 6.00. The van der Waals surface area contributed by atoms with Crippen molar-refractivity contribution in [1.29, 1.82) is 0 Å². The van der Waals surface area contributed by atoms with Gasteiger partial charge in [-0.3, -0.25) is 10.1 Å². The van der Waals surface area contributed by atoms with Crippen LogP contribution in [0.3, 0.4) is 0 Å². The molecule has 0 saturated carbocycles. The smallest absolute Gasteiger partial charge is 0.348 e. The van der Waals surface area contributed by atoms with E-state index in [2.05, 4.69) is 20.2 Å². The van der Waals surface area contributed by atoms with Gasteiger partial charge in [0.15, 0.2) is 11.6 Å². The van der Waals surface area contributed by atoms with Crippen molar-refractivity contribution in [3.05, 3.63) is 70.3 Å². The molecule has 0 atom stereocenters. The summed E-state index contributed by atoms with van der Waals surface area (Å²) >= 11 is 0. The molecule has 8 heteroatoms. The molecule has 0 aliphatic carbocycles. The zero-order chi connectivity index (χ0) is 19.5. The Hall–Kier alpha value is -3.78. The number of rotatable bonds is 5. The van der Waals surface area contributed by atoms with Gasteiger partial charge in [-0.05, 0) is 24.3 Å². The third kappa shape index (κ3) is 3.40. The van der Waals surface area contributed by atoms with Crippen molar-refractivity contribution < 1.29 is 14.3 Å². The van der Waals surface area contributed by atoms with Crippen LogP contribution in [0.5, 0.6) is 5.75 Å². The number of hydrogen-bond acceptors (Lipinski definition) is 7. The minimum absolute atomic E-state index is 0.00983. The number of nitrogens with one attached hydrogen (secondary N) is 1. The van der Waals surface area contributed by atoms with Crippen molar-refractivity contribution in [2.75, 3.05) is 7.11 Å². The van der Waals surface area contributed by atoms with Crippen LogP contribution in [0.4, 0.5) is 5.69 Å². The Labute approximate surface area is 159 Å². The van der Waals surface area contributed by atoms with E-state index >= 15 is 0 Å². The van der Waals surface area contributed by atoms with Crippen molar-refractivity contribution in [1.82, 2.24) is 15.2 Å². The van der Waals surface area contributed by atoms with E-state index in [1.54, 1.807) is 49.6 Å². The third-order valence-electron chi connectivity index (χ3n) is 4.08. The van der Waals surface area contributed by atoms with Crippen molar-refractivity contribution in [2.45, 2.75) is 6.61 Å². The van der Waals surface area contributed by atoms with Gasteiger partial charge in [0, 0.05) is 18.9 Å².